The molecule has 2 heteroatoms. The fraction of sp³-hybridized carbons (Fsp3) is 0.120. The van der Waals surface area contributed by atoms with Crippen LogP contribution < -0.4 is 0 Å². The van der Waals surface area contributed by atoms with Gasteiger partial charge in [0.1, 0.15) is 0 Å². The molecule has 0 heterocycles. The Labute approximate surface area is 309 Å². The third-order valence-electron chi connectivity index (χ3n) is 12.6. The molecule has 2 atom stereocenters. The summed E-state index contributed by atoms with van der Waals surface area (Å²) in [6.07, 6.45) is 5.11. The first-order valence-electron chi connectivity index (χ1n) is 18.7. The summed E-state index contributed by atoms with van der Waals surface area (Å²) < 4.78 is 6.44. The maximum absolute atomic E-state index is 3.74. The minimum absolute atomic E-state index is 0.464. The predicted molar refractivity (Wildman–Crippen MR) is 227 cm³/mol. The second kappa shape index (κ2) is 11.4. The SMILES string of the molecule is CC1=Cc2c(-c3cc4ccccc4c4ccccc34)cccc2[CH]1[Zr]([CH3])([CH3])(=[SiH2])[CH]1C(C)=Cc2c(-c3cc4ccccc4c4ccccc34)cccc21. The third kappa shape index (κ3) is 4.60. The van der Waals surface area contributed by atoms with Crippen molar-refractivity contribution in [3.05, 3.63) is 179 Å². The van der Waals surface area contributed by atoms with Crippen molar-refractivity contribution >= 4 is 62.1 Å². The molecule has 2 unspecified atom stereocenters. The summed E-state index contributed by atoms with van der Waals surface area (Å²) in [5, 5.41) is 10.6. The zero-order chi connectivity index (χ0) is 35.4. The number of hydrogen-bond acceptors (Lipinski definition) is 0. The monoisotopic (exact) mass is 760 g/mol. The standard InChI is InChI=1S/2C24H17.2CH3.H2Si.Zr/c2*1-16-13-17-8-6-12-22(23(17)14-16)24-15-18-7-2-3-9-19(18)20-10-4-5-11-21(20)24;;;;/h2*2-15H,1H3;2*1H3;1H2;. The molecule has 52 heavy (non-hydrogen) atoms. The summed E-state index contributed by atoms with van der Waals surface area (Å²) in [5.74, 6) is 0. The van der Waals surface area contributed by atoms with Crippen molar-refractivity contribution < 1.29 is 17.4 Å². The van der Waals surface area contributed by atoms with Gasteiger partial charge in [0.25, 0.3) is 0 Å². The third-order valence-corrected chi connectivity index (χ3v) is 30.5. The van der Waals surface area contributed by atoms with E-state index >= 15 is 0 Å². The first-order valence-corrected chi connectivity index (χ1v) is 32.4. The molecule has 0 amide bonds. The zero-order valence-corrected chi connectivity index (χ0v) is 34.2. The molecule has 10 rings (SSSR count). The number of allylic oxidation sites excluding steroid dienone is 2. The van der Waals surface area contributed by atoms with Crippen LogP contribution in [0.3, 0.4) is 0 Å². The Morgan fingerprint density at radius 2 is 0.769 bits per heavy atom. The number of hydrogen-bond donors (Lipinski definition) is 0. The molecule has 0 N–H and O–H groups in total. The average molecular weight is 762 g/mol. The van der Waals surface area contributed by atoms with E-state index < -0.39 is 17.4 Å². The molecule has 0 aliphatic heterocycles. The van der Waals surface area contributed by atoms with E-state index in [2.05, 4.69) is 188 Å². The van der Waals surface area contributed by atoms with Crippen LogP contribution in [0.2, 0.25) is 9.26 Å². The van der Waals surface area contributed by atoms with Crippen molar-refractivity contribution in [2.45, 2.75) is 30.4 Å². The van der Waals surface area contributed by atoms with Crippen molar-refractivity contribution in [1.29, 1.82) is 0 Å². The molecule has 0 aromatic heterocycles. The van der Waals surface area contributed by atoms with Crippen molar-refractivity contribution in [2.75, 3.05) is 0 Å². The van der Waals surface area contributed by atoms with Gasteiger partial charge in [0.05, 0.1) is 0 Å². The van der Waals surface area contributed by atoms with Gasteiger partial charge < -0.3 is 0 Å². The normalized spacial score (nSPS) is 17.1. The van der Waals surface area contributed by atoms with E-state index in [1.54, 1.807) is 0 Å². The number of benzene rings is 8. The number of rotatable bonds is 4. The van der Waals surface area contributed by atoms with Crippen molar-refractivity contribution in [1.82, 2.24) is 0 Å². The molecule has 0 saturated carbocycles. The van der Waals surface area contributed by atoms with Gasteiger partial charge in [0.2, 0.25) is 0 Å². The van der Waals surface area contributed by atoms with Gasteiger partial charge in [-0.25, -0.2) is 0 Å². The minimum atomic E-state index is -3.74. The fourth-order valence-electron chi connectivity index (χ4n) is 10.8. The Hall–Kier alpha value is -4.62. The molecule has 8 aromatic rings. The molecule has 0 fully saturated rings. The van der Waals surface area contributed by atoms with Crippen LogP contribution in [0.25, 0.3) is 77.5 Å². The summed E-state index contributed by atoms with van der Waals surface area (Å²) in [5.41, 5.74) is 14.4. The maximum atomic E-state index is 2.75. The molecule has 0 radical (unpaired) electrons. The summed E-state index contributed by atoms with van der Waals surface area (Å²) in [6, 6.07) is 54.8. The molecule has 0 saturated heterocycles. The van der Waals surface area contributed by atoms with Crippen LogP contribution in [0.4, 0.5) is 0 Å². The van der Waals surface area contributed by atoms with E-state index in [9.17, 15) is 0 Å². The van der Waals surface area contributed by atoms with E-state index in [0.29, 0.717) is 7.25 Å². The van der Waals surface area contributed by atoms with Crippen LogP contribution >= 0.6 is 0 Å². The summed E-state index contributed by atoms with van der Waals surface area (Å²) in [6.45, 7) is 7.29. The van der Waals surface area contributed by atoms with Crippen molar-refractivity contribution in [3.63, 3.8) is 0 Å². The Bertz CT molecular complexity index is 2770. The molecule has 0 bridgehead atoms. The molecule has 2 aliphatic carbocycles. The molecular weight excluding hydrogens is 720 g/mol. The Balaban J connectivity index is 1.14. The van der Waals surface area contributed by atoms with Gasteiger partial charge in [-0.2, -0.15) is 0 Å². The van der Waals surface area contributed by atoms with Gasteiger partial charge >= 0.3 is 311 Å². The molecule has 8 aromatic carbocycles. The van der Waals surface area contributed by atoms with Crippen LogP contribution in [0.1, 0.15) is 43.4 Å². The van der Waals surface area contributed by atoms with Crippen LogP contribution in [0.15, 0.2) is 157 Å². The van der Waals surface area contributed by atoms with Gasteiger partial charge in [0, 0.05) is 0 Å². The summed E-state index contributed by atoms with van der Waals surface area (Å²) >= 11 is -3.74. The van der Waals surface area contributed by atoms with Crippen LogP contribution in [-0.2, 0) is 17.4 Å². The fourth-order valence-corrected chi connectivity index (χ4v) is 32.1. The Morgan fingerprint density at radius 1 is 0.404 bits per heavy atom. The van der Waals surface area contributed by atoms with E-state index in [1.807, 2.05) is 0 Å². The van der Waals surface area contributed by atoms with E-state index in [0.717, 1.165) is 0 Å². The number of fused-ring (bicyclic) bond motifs is 8. The molecule has 0 spiro atoms. The Kier molecular flexibility index (Phi) is 7.05. The average Bonchev–Trinajstić information content (AvgIpc) is 3.71. The second-order valence-corrected chi connectivity index (χ2v) is 47.1. The van der Waals surface area contributed by atoms with Crippen LogP contribution in [-0.4, -0.2) is 6.88 Å². The topological polar surface area (TPSA) is 0 Å². The first-order chi connectivity index (χ1) is 25.2. The predicted octanol–water partition coefficient (Wildman–Crippen LogP) is 13.6. The van der Waals surface area contributed by atoms with Gasteiger partial charge in [-0.3, -0.25) is 0 Å². The van der Waals surface area contributed by atoms with Gasteiger partial charge in [-0.1, -0.05) is 0 Å². The summed E-state index contributed by atoms with van der Waals surface area (Å²) in [4.78, 5) is 0. The van der Waals surface area contributed by atoms with Crippen LogP contribution in [0, 0.1) is 0 Å². The second-order valence-electron chi connectivity index (χ2n) is 16.6. The molecule has 250 valence electrons. The van der Waals surface area contributed by atoms with Gasteiger partial charge in [-0.05, 0) is 0 Å². The molecule has 0 nitrogen and oxygen atoms in total. The van der Waals surface area contributed by atoms with Crippen molar-refractivity contribution in [3.8, 4) is 22.3 Å². The zero-order valence-electron chi connectivity index (χ0n) is 30.4. The van der Waals surface area contributed by atoms with E-state index in [4.69, 9.17) is 0 Å². The quantitative estimate of drug-likeness (QED) is 0.124. The van der Waals surface area contributed by atoms with Gasteiger partial charge in [-0.15, -0.1) is 0 Å². The van der Waals surface area contributed by atoms with Crippen molar-refractivity contribution in [2.24, 2.45) is 0 Å². The van der Waals surface area contributed by atoms with E-state index in [-0.39, 0.29) is 0 Å². The molecular formula is C50H42SiZr. The molecule has 2 aliphatic rings. The Morgan fingerprint density at radius 3 is 1.19 bits per heavy atom. The first kappa shape index (κ1) is 32.1. The van der Waals surface area contributed by atoms with E-state index in [1.165, 1.54) is 98.7 Å². The summed E-state index contributed by atoms with van der Waals surface area (Å²) in [7, 11) is 0. The van der Waals surface area contributed by atoms with Gasteiger partial charge in [0.15, 0.2) is 0 Å². The van der Waals surface area contributed by atoms with Crippen LogP contribution in [0.5, 0.6) is 0 Å².